The average molecular weight is 282 g/mol. The van der Waals surface area contributed by atoms with Crippen LogP contribution < -0.4 is 4.90 Å². The van der Waals surface area contributed by atoms with Gasteiger partial charge in [-0.05, 0) is 49.8 Å². The molecule has 4 rings (SSSR count). The minimum absolute atomic E-state index is 0.486. The van der Waals surface area contributed by atoms with Crippen LogP contribution >= 0.6 is 0 Å². The summed E-state index contributed by atoms with van der Waals surface area (Å²) in [6.45, 7) is 6.32. The van der Waals surface area contributed by atoms with Gasteiger partial charge in [-0.25, -0.2) is 0 Å². The molecule has 1 spiro atoms. The molecule has 2 aliphatic heterocycles. The summed E-state index contributed by atoms with van der Waals surface area (Å²) in [5.41, 5.74) is 4.14. The molecule has 0 atom stereocenters. The van der Waals surface area contributed by atoms with Gasteiger partial charge in [0.1, 0.15) is 0 Å². The van der Waals surface area contributed by atoms with Crippen LogP contribution in [0.4, 0.5) is 5.69 Å². The van der Waals surface area contributed by atoms with Crippen LogP contribution in [0.15, 0.2) is 30.5 Å². The van der Waals surface area contributed by atoms with Gasteiger partial charge in [-0.2, -0.15) is 0 Å². The van der Waals surface area contributed by atoms with E-state index in [1.54, 1.807) is 0 Å². The Morgan fingerprint density at radius 1 is 1.14 bits per heavy atom. The Morgan fingerprint density at radius 2 is 2.00 bits per heavy atom. The minimum Gasteiger partial charge on any atom is -0.381 e. The van der Waals surface area contributed by atoms with Gasteiger partial charge in [0.15, 0.2) is 0 Å². The molecule has 2 saturated heterocycles. The number of anilines is 1. The van der Waals surface area contributed by atoms with Crippen LogP contribution in [-0.4, -0.2) is 31.3 Å². The van der Waals surface area contributed by atoms with Crippen molar-refractivity contribution in [1.82, 2.24) is 4.98 Å². The van der Waals surface area contributed by atoms with E-state index in [0.29, 0.717) is 5.41 Å². The number of pyridine rings is 1. The van der Waals surface area contributed by atoms with Crippen LogP contribution in [0, 0.1) is 12.3 Å². The fourth-order valence-electron chi connectivity index (χ4n) is 3.78. The Hall–Kier alpha value is -1.61. The molecule has 0 unspecified atom stereocenters. The van der Waals surface area contributed by atoms with E-state index in [1.807, 2.05) is 6.20 Å². The van der Waals surface area contributed by atoms with Gasteiger partial charge < -0.3 is 9.64 Å². The topological polar surface area (TPSA) is 25.4 Å². The van der Waals surface area contributed by atoms with Crippen LogP contribution in [0.2, 0.25) is 0 Å². The summed E-state index contributed by atoms with van der Waals surface area (Å²) in [5.74, 6) is 0. The lowest BCUT2D eigenvalue weighted by atomic mass is 9.80. The third-order valence-electron chi connectivity index (χ3n) is 5.18. The third-order valence-corrected chi connectivity index (χ3v) is 5.18. The van der Waals surface area contributed by atoms with Crippen molar-refractivity contribution in [3.8, 4) is 0 Å². The van der Waals surface area contributed by atoms with Gasteiger partial charge in [0.2, 0.25) is 0 Å². The fraction of sp³-hybridized carbons (Fsp3) is 0.500. The maximum atomic E-state index is 5.54. The Labute approximate surface area is 125 Å². The highest BCUT2D eigenvalue weighted by atomic mass is 16.5. The van der Waals surface area contributed by atoms with Crippen LogP contribution in [0.3, 0.4) is 0 Å². The number of nitrogens with zero attached hydrogens (tertiary/aromatic N) is 2. The summed E-state index contributed by atoms with van der Waals surface area (Å²) < 4.78 is 5.54. The molecule has 2 aliphatic rings. The second kappa shape index (κ2) is 4.99. The molecule has 0 aliphatic carbocycles. The maximum Gasteiger partial charge on any atom is 0.0703 e. The van der Waals surface area contributed by atoms with Crippen molar-refractivity contribution >= 4 is 16.6 Å². The quantitative estimate of drug-likeness (QED) is 0.800. The smallest absolute Gasteiger partial charge is 0.0703 e. The zero-order chi connectivity index (χ0) is 14.3. The lowest BCUT2D eigenvalue weighted by Gasteiger charge is -2.33. The highest BCUT2D eigenvalue weighted by Gasteiger charge is 2.39. The number of rotatable bonds is 1. The molecule has 3 nitrogen and oxygen atoms in total. The van der Waals surface area contributed by atoms with Crippen LogP contribution in [0.5, 0.6) is 0 Å². The van der Waals surface area contributed by atoms with Gasteiger partial charge in [-0.15, -0.1) is 0 Å². The lowest BCUT2D eigenvalue weighted by Crippen LogP contribution is -2.33. The molecule has 0 N–H and O–H groups in total. The Balaban J connectivity index is 1.62. The molecule has 1 aromatic carbocycles. The predicted molar refractivity (Wildman–Crippen MR) is 85.8 cm³/mol. The fourth-order valence-corrected chi connectivity index (χ4v) is 3.78. The minimum atomic E-state index is 0.486. The number of hydrogen-bond donors (Lipinski definition) is 0. The van der Waals surface area contributed by atoms with Crippen molar-refractivity contribution in [2.75, 3.05) is 31.2 Å². The normalized spacial score (nSPS) is 21.3. The molecule has 3 heterocycles. The van der Waals surface area contributed by atoms with Crippen molar-refractivity contribution in [3.05, 3.63) is 36.0 Å². The number of aromatic nitrogens is 1. The SMILES string of the molecule is Cc1ccc2ncc(N3CCC4(CCOCC4)C3)cc2c1. The number of fused-ring (bicyclic) bond motifs is 1. The average Bonchev–Trinajstić information content (AvgIpc) is 2.91. The monoisotopic (exact) mass is 282 g/mol. The van der Waals surface area contributed by atoms with Crippen LogP contribution in [-0.2, 0) is 4.74 Å². The zero-order valence-corrected chi connectivity index (χ0v) is 12.6. The largest absolute Gasteiger partial charge is 0.381 e. The van der Waals surface area contributed by atoms with E-state index in [9.17, 15) is 0 Å². The summed E-state index contributed by atoms with van der Waals surface area (Å²) >= 11 is 0. The van der Waals surface area contributed by atoms with Gasteiger partial charge in [-0.1, -0.05) is 11.6 Å². The van der Waals surface area contributed by atoms with E-state index in [0.717, 1.165) is 31.8 Å². The number of aryl methyl sites for hydroxylation is 1. The summed E-state index contributed by atoms with van der Waals surface area (Å²) in [6, 6.07) is 8.76. The molecule has 0 radical (unpaired) electrons. The van der Waals surface area contributed by atoms with Gasteiger partial charge >= 0.3 is 0 Å². The molecule has 3 heteroatoms. The Morgan fingerprint density at radius 3 is 2.86 bits per heavy atom. The van der Waals surface area contributed by atoms with E-state index in [1.165, 1.54) is 35.9 Å². The van der Waals surface area contributed by atoms with E-state index in [4.69, 9.17) is 4.74 Å². The third kappa shape index (κ3) is 2.40. The lowest BCUT2D eigenvalue weighted by molar-refractivity contribution is 0.0254. The molecule has 0 bridgehead atoms. The standard InChI is InChI=1S/C18H22N2O/c1-14-2-3-17-15(10-14)11-16(12-19-17)20-7-4-18(13-20)5-8-21-9-6-18/h2-3,10-12H,4-9,13H2,1H3. The van der Waals surface area contributed by atoms with Crippen LogP contribution in [0.25, 0.3) is 10.9 Å². The number of ether oxygens (including phenoxy) is 1. The summed E-state index contributed by atoms with van der Waals surface area (Å²) in [5, 5.41) is 1.25. The number of hydrogen-bond acceptors (Lipinski definition) is 3. The molecule has 110 valence electrons. The summed E-state index contributed by atoms with van der Waals surface area (Å²) in [4.78, 5) is 7.15. The van der Waals surface area contributed by atoms with E-state index >= 15 is 0 Å². The second-order valence-corrected chi connectivity index (χ2v) is 6.67. The maximum absolute atomic E-state index is 5.54. The first kappa shape index (κ1) is 13.1. The Kier molecular flexibility index (Phi) is 3.11. The van der Waals surface area contributed by atoms with Crippen LogP contribution in [0.1, 0.15) is 24.8 Å². The van der Waals surface area contributed by atoms with Crippen molar-refractivity contribution < 1.29 is 4.74 Å². The van der Waals surface area contributed by atoms with Gasteiger partial charge in [0.05, 0.1) is 17.4 Å². The van der Waals surface area contributed by atoms with Gasteiger partial charge in [-0.3, -0.25) is 4.98 Å². The Bertz CT molecular complexity index is 661. The zero-order valence-electron chi connectivity index (χ0n) is 12.6. The van der Waals surface area contributed by atoms with E-state index in [-0.39, 0.29) is 0 Å². The van der Waals surface area contributed by atoms with Gasteiger partial charge in [0, 0.05) is 31.7 Å². The van der Waals surface area contributed by atoms with E-state index in [2.05, 4.69) is 41.1 Å². The summed E-state index contributed by atoms with van der Waals surface area (Å²) in [6.07, 6.45) is 5.76. The highest BCUT2D eigenvalue weighted by Crippen LogP contribution is 2.41. The molecule has 2 fully saturated rings. The van der Waals surface area contributed by atoms with Crippen molar-refractivity contribution in [3.63, 3.8) is 0 Å². The van der Waals surface area contributed by atoms with E-state index < -0.39 is 0 Å². The van der Waals surface area contributed by atoms with Crippen molar-refractivity contribution in [2.45, 2.75) is 26.2 Å². The first-order valence-corrected chi connectivity index (χ1v) is 7.93. The predicted octanol–water partition coefficient (Wildman–Crippen LogP) is 3.55. The molecular weight excluding hydrogens is 260 g/mol. The highest BCUT2D eigenvalue weighted by molar-refractivity contribution is 5.82. The number of benzene rings is 1. The van der Waals surface area contributed by atoms with Gasteiger partial charge in [0.25, 0.3) is 0 Å². The first-order valence-electron chi connectivity index (χ1n) is 7.93. The summed E-state index contributed by atoms with van der Waals surface area (Å²) in [7, 11) is 0. The molecule has 1 aromatic heterocycles. The van der Waals surface area contributed by atoms with Crippen molar-refractivity contribution in [2.24, 2.45) is 5.41 Å². The molecule has 21 heavy (non-hydrogen) atoms. The molecule has 2 aromatic rings. The first-order chi connectivity index (χ1) is 10.2. The molecule has 0 amide bonds. The second-order valence-electron chi connectivity index (χ2n) is 6.67. The molecule has 0 saturated carbocycles. The van der Waals surface area contributed by atoms with Crippen molar-refractivity contribution in [1.29, 1.82) is 0 Å². The molecular formula is C18H22N2O.